The van der Waals surface area contributed by atoms with Crippen molar-refractivity contribution in [3.63, 3.8) is 0 Å². The highest BCUT2D eigenvalue weighted by Gasteiger charge is 2.19. The van der Waals surface area contributed by atoms with Crippen LogP contribution in [0.15, 0.2) is 34.5 Å². The highest BCUT2D eigenvalue weighted by atomic mass is 32.2. The van der Waals surface area contributed by atoms with Crippen LogP contribution in [0.5, 0.6) is 0 Å². The number of nitrogens with zero attached hydrogens (tertiary/aromatic N) is 1. The maximum Gasteiger partial charge on any atom is 0.186 e. The monoisotopic (exact) mass is 268 g/mol. The lowest BCUT2D eigenvalue weighted by molar-refractivity contribution is 0.595. The Morgan fingerprint density at radius 3 is 2.65 bits per heavy atom. The van der Waals surface area contributed by atoms with E-state index in [2.05, 4.69) is 4.98 Å². The highest BCUT2D eigenvalue weighted by molar-refractivity contribution is 7.91. The number of rotatable bonds is 3. The van der Waals surface area contributed by atoms with Gasteiger partial charge in [-0.2, -0.15) is 0 Å². The molecule has 90 valence electrons. The molecule has 1 heterocycles. The predicted octanol–water partition coefficient (Wildman–Crippen LogP) is 2.01. The zero-order valence-corrected chi connectivity index (χ0v) is 10.9. The van der Waals surface area contributed by atoms with Crippen molar-refractivity contribution in [2.24, 2.45) is 0 Å². The Morgan fingerprint density at radius 1 is 1.35 bits per heavy atom. The second-order valence-corrected chi connectivity index (χ2v) is 6.58. The molecule has 2 aromatic rings. The summed E-state index contributed by atoms with van der Waals surface area (Å²) in [6.45, 7) is 1.84. The zero-order chi connectivity index (χ0) is 12.5. The Bertz CT molecular complexity index is 632. The van der Waals surface area contributed by atoms with Gasteiger partial charge in [0.05, 0.1) is 10.6 Å². The molecule has 0 atom stereocenters. The van der Waals surface area contributed by atoms with E-state index in [0.29, 0.717) is 5.01 Å². The number of aromatic nitrogens is 1. The first-order chi connectivity index (χ1) is 7.99. The van der Waals surface area contributed by atoms with E-state index in [4.69, 9.17) is 5.73 Å². The van der Waals surface area contributed by atoms with E-state index in [1.807, 2.05) is 12.3 Å². The summed E-state index contributed by atoms with van der Waals surface area (Å²) in [4.78, 5) is 4.32. The normalized spacial score (nSPS) is 11.6. The number of aryl methyl sites for hydroxylation is 1. The Morgan fingerprint density at radius 2 is 2.06 bits per heavy atom. The van der Waals surface area contributed by atoms with E-state index >= 15 is 0 Å². The van der Waals surface area contributed by atoms with Gasteiger partial charge in [-0.05, 0) is 19.1 Å². The molecule has 6 heteroatoms. The molecular formula is C11H12N2O2S2. The molecule has 0 radical (unpaired) electrons. The first-order valence-electron chi connectivity index (χ1n) is 4.97. The maximum absolute atomic E-state index is 12.1. The molecule has 0 aliphatic rings. The number of sulfone groups is 1. The molecule has 1 aromatic carbocycles. The summed E-state index contributed by atoms with van der Waals surface area (Å²) in [7, 11) is -3.41. The average Bonchev–Trinajstić information content (AvgIpc) is 2.63. The van der Waals surface area contributed by atoms with Crippen molar-refractivity contribution in [3.05, 3.63) is 40.3 Å². The molecule has 0 fully saturated rings. The molecule has 0 amide bonds. The van der Waals surface area contributed by atoms with Gasteiger partial charge in [0.15, 0.2) is 9.84 Å². The minimum Gasteiger partial charge on any atom is -0.398 e. The van der Waals surface area contributed by atoms with Gasteiger partial charge in [-0.1, -0.05) is 12.1 Å². The molecule has 17 heavy (non-hydrogen) atoms. The third-order valence-electron chi connectivity index (χ3n) is 2.23. The van der Waals surface area contributed by atoms with Crippen LogP contribution in [0, 0.1) is 6.92 Å². The van der Waals surface area contributed by atoms with Crippen molar-refractivity contribution in [3.8, 4) is 0 Å². The zero-order valence-electron chi connectivity index (χ0n) is 9.25. The molecule has 0 aliphatic carbocycles. The molecule has 0 saturated carbocycles. The third-order valence-corrected chi connectivity index (χ3v) is 5.08. The molecule has 2 rings (SSSR count). The number of thiazole rings is 1. The van der Waals surface area contributed by atoms with Crippen molar-refractivity contribution < 1.29 is 8.42 Å². The van der Waals surface area contributed by atoms with Crippen LogP contribution >= 0.6 is 11.3 Å². The lowest BCUT2D eigenvalue weighted by Crippen LogP contribution is -2.07. The second-order valence-electron chi connectivity index (χ2n) is 3.68. The van der Waals surface area contributed by atoms with Crippen LogP contribution in [0.2, 0.25) is 0 Å². The summed E-state index contributed by atoms with van der Waals surface area (Å²) < 4.78 is 24.2. The third kappa shape index (κ3) is 2.65. The first kappa shape index (κ1) is 12.1. The number of hydrogen-bond acceptors (Lipinski definition) is 5. The van der Waals surface area contributed by atoms with Crippen LogP contribution < -0.4 is 5.73 Å². The van der Waals surface area contributed by atoms with Crippen LogP contribution in [0.3, 0.4) is 0 Å². The van der Waals surface area contributed by atoms with E-state index in [-0.39, 0.29) is 16.3 Å². The summed E-state index contributed by atoms with van der Waals surface area (Å²) in [6.07, 6.45) is 0. The van der Waals surface area contributed by atoms with Gasteiger partial charge >= 0.3 is 0 Å². The molecule has 0 aliphatic heterocycles. The standard InChI is InChI=1S/C11H12N2O2S2/c1-8-6-16-11(13-8)7-17(14,15)10-5-3-2-4-9(10)12/h2-6H,7,12H2,1H3. The van der Waals surface area contributed by atoms with Gasteiger partial charge in [-0.3, -0.25) is 0 Å². The van der Waals surface area contributed by atoms with E-state index < -0.39 is 9.84 Å². The van der Waals surface area contributed by atoms with Crippen LogP contribution in [0.25, 0.3) is 0 Å². The summed E-state index contributed by atoms with van der Waals surface area (Å²) >= 11 is 1.35. The Balaban J connectivity index is 2.35. The number of nitrogen functional groups attached to an aromatic ring is 1. The fourth-order valence-electron chi connectivity index (χ4n) is 1.47. The Labute approximate surface area is 104 Å². The molecule has 0 bridgehead atoms. The smallest absolute Gasteiger partial charge is 0.186 e. The van der Waals surface area contributed by atoms with Gasteiger partial charge in [-0.25, -0.2) is 13.4 Å². The van der Waals surface area contributed by atoms with Gasteiger partial charge in [0, 0.05) is 11.1 Å². The first-order valence-corrected chi connectivity index (χ1v) is 7.50. The minimum atomic E-state index is -3.41. The lowest BCUT2D eigenvalue weighted by atomic mass is 10.3. The summed E-state index contributed by atoms with van der Waals surface area (Å²) in [5, 5.41) is 2.42. The van der Waals surface area contributed by atoms with E-state index in [0.717, 1.165) is 5.69 Å². The summed E-state index contributed by atoms with van der Waals surface area (Å²) in [5.41, 5.74) is 6.78. The van der Waals surface area contributed by atoms with E-state index in [1.54, 1.807) is 18.2 Å². The minimum absolute atomic E-state index is 0.0975. The van der Waals surface area contributed by atoms with Crippen molar-refractivity contribution in [1.82, 2.24) is 4.98 Å². The Kier molecular flexibility index (Phi) is 3.17. The average molecular weight is 268 g/mol. The molecule has 2 N–H and O–H groups in total. The van der Waals surface area contributed by atoms with Gasteiger partial charge in [0.1, 0.15) is 10.8 Å². The van der Waals surface area contributed by atoms with E-state index in [1.165, 1.54) is 17.4 Å². The quantitative estimate of drug-likeness (QED) is 0.864. The maximum atomic E-state index is 12.1. The second kappa shape index (κ2) is 4.46. The van der Waals surface area contributed by atoms with Crippen molar-refractivity contribution >= 4 is 26.9 Å². The van der Waals surface area contributed by atoms with Gasteiger partial charge in [-0.15, -0.1) is 11.3 Å². The van der Waals surface area contributed by atoms with Crippen LogP contribution in [0.1, 0.15) is 10.7 Å². The van der Waals surface area contributed by atoms with Crippen LogP contribution in [-0.2, 0) is 15.6 Å². The lowest BCUT2D eigenvalue weighted by Gasteiger charge is -2.05. The summed E-state index contributed by atoms with van der Waals surface area (Å²) in [6, 6.07) is 6.48. The fourth-order valence-corrected chi connectivity index (χ4v) is 4.02. The van der Waals surface area contributed by atoms with Crippen molar-refractivity contribution in [2.45, 2.75) is 17.6 Å². The molecule has 0 unspecified atom stereocenters. The number of nitrogens with two attached hydrogens (primary N) is 1. The van der Waals surface area contributed by atoms with Crippen LogP contribution in [-0.4, -0.2) is 13.4 Å². The summed E-state index contributed by atoms with van der Waals surface area (Å²) in [5.74, 6) is -0.0975. The topological polar surface area (TPSA) is 73.0 Å². The fraction of sp³-hybridized carbons (Fsp3) is 0.182. The molecule has 1 aromatic heterocycles. The predicted molar refractivity (Wildman–Crippen MR) is 68.6 cm³/mol. The number of anilines is 1. The van der Waals surface area contributed by atoms with Gasteiger partial charge in [0.2, 0.25) is 0 Å². The molecule has 0 saturated heterocycles. The molecule has 0 spiro atoms. The molecular weight excluding hydrogens is 256 g/mol. The SMILES string of the molecule is Cc1csc(CS(=O)(=O)c2ccccc2N)n1. The van der Waals surface area contributed by atoms with Gasteiger partial charge < -0.3 is 5.73 Å². The largest absolute Gasteiger partial charge is 0.398 e. The molecule has 4 nitrogen and oxygen atoms in total. The van der Waals surface area contributed by atoms with Crippen LogP contribution in [0.4, 0.5) is 5.69 Å². The number of benzene rings is 1. The Hall–Kier alpha value is -1.40. The highest BCUT2D eigenvalue weighted by Crippen LogP contribution is 2.23. The number of hydrogen-bond donors (Lipinski definition) is 1. The van der Waals surface area contributed by atoms with Crippen molar-refractivity contribution in [2.75, 3.05) is 5.73 Å². The van der Waals surface area contributed by atoms with Crippen molar-refractivity contribution in [1.29, 1.82) is 0 Å². The van der Waals surface area contributed by atoms with Gasteiger partial charge in [0.25, 0.3) is 0 Å². The number of para-hydroxylation sites is 1. The van der Waals surface area contributed by atoms with E-state index in [9.17, 15) is 8.42 Å².